The zero-order valence-corrected chi connectivity index (χ0v) is 19.6. The highest BCUT2D eigenvalue weighted by molar-refractivity contribution is 7.85. The minimum absolute atomic E-state index is 0.0347. The van der Waals surface area contributed by atoms with Gasteiger partial charge in [0.2, 0.25) is 5.36 Å². The van der Waals surface area contributed by atoms with Crippen LogP contribution in [-0.4, -0.2) is 43.4 Å². The van der Waals surface area contributed by atoms with Gasteiger partial charge < -0.3 is 9.73 Å². The van der Waals surface area contributed by atoms with Gasteiger partial charge in [-0.25, -0.2) is 9.56 Å². The van der Waals surface area contributed by atoms with Crippen LogP contribution in [0.4, 0.5) is 5.69 Å². The number of Topliss-reactive ketones (excluding diaryl/α,β-unsaturated/α-hetero) is 1. The molecule has 0 aromatic heterocycles. The lowest BCUT2D eigenvalue weighted by molar-refractivity contribution is -0.116. The topological polar surface area (TPSA) is 113 Å². The summed E-state index contributed by atoms with van der Waals surface area (Å²) in [6.45, 7) is 7.81. The molecule has 2 aliphatic rings. The van der Waals surface area contributed by atoms with Crippen LogP contribution in [-0.2, 0) is 14.9 Å². The maximum atomic E-state index is 11.7. The molecule has 33 heavy (non-hydrogen) atoms. The number of nitrogens with one attached hydrogen (secondary N) is 1. The van der Waals surface area contributed by atoms with Crippen molar-refractivity contribution in [2.24, 2.45) is 0 Å². The lowest BCUT2D eigenvalue weighted by atomic mass is 10.1. The Morgan fingerprint density at radius 1 is 1.09 bits per heavy atom. The molecule has 2 aromatic rings. The molecule has 0 radical (unpaired) electrons. The van der Waals surface area contributed by atoms with Crippen molar-refractivity contribution in [1.82, 2.24) is 9.56 Å². The van der Waals surface area contributed by atoms with Gasteiger partial charge in [0, 0.05) is 41.6 Å². The van der Waals surface area contributed by atoms with E-state index in [1.165, 1.54) is 19.1 Å². The van der Waals surface area contributed by atoms with Gasteiger partial charge in [0.25, 0.3) is 10.1 Å². The summed E-state index contributed by atoms with van der Waals surface area (Å²) in [7, 11) is -4.38. The van der Waals surface area contributed by atoms with Crippen molar-refractivity contribution >= 4 is 43.5 Å². The third kappa shape index (κ3) is 4.60. The molecule has 0 bridgehead atoms. The van der Waals surface area contributed by atoms with E-state index in [9.17, 15) is 17.8 Å². The van der Waals surface area contributed by atoms with Crippen LogP contribution in [0.25, 0.3) is 33.3 Å². The number of benzene rings is 3. The first-order chi connectivity index (χ1) is 15.7. The fourth-order valence-electron chi connectivity index (χ4n) is 3.94. The number of ketones is 1. The summed E-state index contributed by atoms with van der Waals surface area (Å²) in [5.41, 5.74) is 2.37. The standard InChI is InChI=1S/C24H25N3O5S/c1-4-27(5-2)16-6-9-20-22(12-16)32-23-14-21(25-11-10-15(3)28)19-13-17(33(29,30)31)7-8-18(19)24(23)26-20/h6-9,12-14H,4-5,10-11H2,1-3H3,(H,29,30,31)/p+1. The molecule has 2 aromatic carbocycles. The van der Waals surface area contributed by atoms with Crippen LogP contribution < -0.4 is 15.2 Å². The smallest absolute Gasteiger partial charge is 0.294 e. The molecule has 9 heteroatoms. The van der Waals surface area contributed by atoms with Crippen molar-refractivity contribution in [3.8, 4) is 11.5 Å². The lowest BCUT2D eigenvalue weighted by Gasteiger charge is -2.14. The molecular weight excluding hydrogens is 442 g/mol. The van der Waals surface area contributed by atoms with E-state index in [-0.39, 0.29) is 10.7 Å². The van der Waals surface area contributed by atoms with Gasteiger partial charge in [-0.05, 0) is 39.0 Å². The highest BCUT2D eigenvalue weighted by Gasteiger charge is 2.18. The molecular formula is C24H26N3O5S+. The average Bonchev–Trinajstić information content (AvgIpc) is 2.77. The Labute approximate surface area is 191 Å². The number of fused-ring (bicyclic) bond motifs is 4. The van der Waals surface area contributed by atoms with E-state index in [2.05, 4.69) is 23.7 Å². The molecule has 0 fully saturated rings. The fourth-order valence-corrected chi connectivity index (χ4v) is 4.44. The molecule has 0 saturated heterocycles. The van der Waals surface area contributed by atoms with Gasteiger partial charge in [-0.3, -0.25) is 9.35 Å². The quantitative estimate of drug-likeness (QED) is 0.185. The van der Waals surface area contributed by atoms with Crippen LogP contribution in [0.1, 0.15) is 27.2 Å². The van der Waals surface area contributed by atoms with E-state index in [1.807, 2.05) is 18.2 Å². The first-order valence-corrected chi connectivity index (χ1v) is 12.3. The Balaban J connectivity index is 2.00. The van der Waals surface area contributed by atoms with E-state index < -0.39 is 10.1 Å². The molecule has 0 amide bonds. The van der Waals surface area contributed by atoms with Crippen LogP contribution in [0, 0.1) is 0 Å². The summed E-state index contributed by atoms with van der Waals surface area (Å²) >= 11 is 0. The van der Waals surface area contributed by atoms with Crippen LogP contribution >= 0.6 is 0 Å². The lowest BCUT2D eigenvalue weighted by Crippen LogP contribution is -2.29. The molecule has 8 nitrogen and oxygen atoms in total. The minimum Gasteiger partial charge on any atom is -0.452 e. The largest absolute Gasteiger partial charge is 0.452 e. The Hall–Kier alpha value is -3.30. The van der Waals surface area contributed by atoms with Crippen molar-refractivity contribution in [3.05, 3.63) is 47.8 Å². The number of nitrogens with zero attached hydrogens (tertiary/aromatic N) is 2. The van der Waals surface area contributed by atoms with Gasteiger partial charge in [-0.2, -0.15) is 8.42 Å². The zero-order valence-electron chi connectivity index (χ0n) is 18.8. The normalized spacial score (nSPS) is 11.9. The number of anilines is 1. The molecule has 1 aliphatic heterocycles. The maximum absolute atomic E-state index is 11.7. The second-order valence-corrected chi connectivity index (χ2v) is 9.29. The zero-order chi connectivity index (χ0) is 23.8. The van der Waals surface area contributed by atoms with Crippen LogP contribution in [0.5, 0.6) is 0 Å². The van der Waals surface area contributed by atoms with E-state index in [1.54, 1.807) is 12.1 Å². The molecule has 1 aliphatic carbocycles. The fraction of sp³-hybridized carbons (Fsp3) is 0.292. The van der Waals surface area contributed by atoms with Gasteiger partial charge in [-0.15, -0.1) is 0 Å². The van der Waals surface area contributed by atoms with Gasteiger partial charge in [0.15, 0.2) is 11.3 Å². The summed E-state index contributed by atoms with van der Waals surface area (Å²) in [5.74, 6) is 0.669. The molecule has 0 atom stereocenters. The Bertz CT molecular complexity index is 1520. The Morgan fingerprint density at radius 2 is 1.85 bits per heavy atom. The van der Waals surface area contributed by atoms with E-state index in [4.69, 9.17) is 9.40 Å². The highest BCUT2D eigenvalue weighted by atomic mass is 32.2. The monoisotopic (exact) mass is 468 g/mol. The maximum Gasteiger partial charge on any atom is 0.294 e. The van der Waals surface area contributed by atoms with Crippen molar-refractivity contribution < 1.29 is 22.2 Å². The van der Waals surface area contributed by atoms with Crippen LogP contribution in [0.2, 0.25) is 0 Å². The first-order valence-electron chi connectivity index (χ1n) is 10.8. The predicted octanol–water partition coefficient (Wildman–Crippen LogP) is 3.54. The Kier molecular flexibility index (Phi) is 6.18. The number of hydrogen-bond acceptors (Lipinski definition) is 6. The summed E-state index contributed by atoms with van der Waals surface area (Å²) in [5, 5.41) is 5.46. The van der Waals surface area contributed by atoms with Crippen LogP contribution in [0.3, 0.4) is 0 Å². The Morgan fingerprint density at radius 3 is 2.52 bits per heavy atom. The highest BCUT2D eigenvalue weighted by Crippen LogP contribution is 2.35. The van der Waals surface area contributed by atoms with Gasteiger partial charge in [0.05, 0.1) is 11.0 Å². The molecule has 1 heterocycles. The number of hydrogen-bond donors (Lipinski definition) is 2. The predicted molar refractivity (Wildman–Crippen MR) is 128 cm³/mol. The molecule has 172 valence electrons. The molecule has 4 rings (SSSR count). The van der Waals surface area contributed by atoms with Gasteiger partial charge >= 0.3 is 0 Å². The third-order valence-electron chi connectivity index (χ3n) is 5.66. The molecule has 0 spiro atoms. The van der Waals surface area contributed by atoms with Crippen molar-refractivity contribution in [2.75, 3.05) is 25.0 Å². The van der Waals surface area contributed by atoms with Crippen molar-refractivity contribution in [3.63, 3.8) is 0 Å². The van der Waals surface area contributed by atoms with Crippen molar-refractivity contribution in [1.29, 1.82) is 0 Å². The van der Waals surface area contributed by atoms with Gasteiger partial charge in [-0.1, -0.05) is 6.07 Å². The average molecular weight is 469 g/mol. The first kappa shape index (κ1) is 22.9. The number of rotatable bonds is 7. The summed E-state index contributed by atoms with van der Waals surface area (Å²) in [6, 6.07) is 12.0. The summed E-state index contributed by atoms with van der Waals surface area (Å²) < 4.78 is 41.4. The van der Waals surface area contributed by atoms with E-state index in [0.29, 0.717) is 52.0 Å². The van der Waals surface area contributed by atoms with Crippen molar-refractivity contribution in [2.45, 2.75) is 32.1 Å². The van der Waals surface area contributed by atoms with E-state index >= 15 is 0 Å². The molecule has 0 saturated carbocycles. The second kappa shape index (κ2) is 8.92. The van der Waals surface area contributed by atoms with E-state index in [0.717, 1.165) is 18.4 Å². The number of carbonyl (C=O) groups excluding carboxylic acids is 1. The van der Waals surface area contributed by atoms with Gasteiger partial charge in [0.1, 0.15) is 30.1 Å². The second-order valence-electron chi connectivity index (χ2n) is 7.87. The summed E-state index contributed by atoms with van der Waals surface area (Å²) in [6.07, 6.45) is 0.317. The van der Waals surface area contributed by atoms with Crippen LogP contribution in [0.15, 0.2) is 51.8 Å². The summed E-state index contributed by atoms with van der Waals surface area (Å²) in [4.78, 5) is 16.0. The minimum atomic E-state index is -4.38. The third-order valence-corrected chi connectivity index (χ3v) is 6.51. The SMILES string of the molecule is CC[N+](CC)=c1ccc2nc3c(cc(NCCC(C)=O)c4cc(S(=O)(=O)O)ccc43)oc-2c1. The molecule has 2 N–H and O–H groups in total. The number of carbonyl (C=O) groups is 1. The number of aromatic nitrogens is 1. The molecule has 0 unspecified atom stereocenters.